The van der Waals surface area contributed by atoms with Crippen molar-refractivity contribution >= 4 is 23.0 Å². The van der Waals surface area contributed by atoms with Gasteiger partial charge >= 0.3 is 5.97 Å². The molecule has 0 aromatic carbocycles. The minimum Gasteiger partial charge on any atom is -0.480 e. The largest absolute Gasteiger partial charge is 0.480 e. The highest BCUT2D eigenvalue weighted by atomic mass is 79.9. The fourth-order valence-electron chi connectivity index (χ4n) is 2.08. The summed E-state index contributed by atoms with van der Waals surface area (Å²) in [4.78, 5) is 13.2. The van der Waals surface area contributed by atoms with Gasteiger partial charge in [0.05, 0.1) is 0 Å². The van der Waals surface area contributed by atoms with Crippen molar-refractivity contribution in [3.8, 4) is 0 Å². The van der Waals surface area contributed by atoms with Gasteiger partial charge in [0.1, 0.15) is 6.04 Å². The zero-order valence-corrected chi connectivity index (χ0v) is 11.3. The van der Waals surface area contributed by atoms with Crippen molar-refractivity contribution < 1.29 is 9.90 Å². The Morgan fingerprint density at radius 1 is 1.27 bits per heavy atom. The monoisotopic (exact) mass is 279 g/mol. The molecule has 1 saturated heterocycles. The van der Waals surface area contributed by atoms with Gasteiger partial charge in [-0.05, 0) is 38.3 Å². The number of aliphatic carboxylic acids is 1. The van der Waals surface area contributed by atoms with E-state index in [2.05, 4.69) is 18.7 Å². The molecule has 0 spiro atoms. The van der Waals surface area contributed by atoms with Crippen molar-refractivity contribution in [1.82, 2.24) is 4.90 Å². The molecule has 1 N–H and O–H groups in total. The van der Waals surface area contributed by atoms with Crippen LogP contribution in [0.25, 0.3) is 0 Å². The molecule has 3 nitrogen and oxygen atoms in total. The van der Waals surface area contributed by atoms with Gasteiger partial charge in [0.2, 0.25) is 0 Å². The Hall–Kier alpha value is -0.0900. The third-order valence-electron chi connectivity index (χ3n) is 2.81. The lowest BCUT2D eigenvalue weighted by Crippen LogP contribution is -2.44. The summed E-state index contributed by atoms with van der Waals surface area (Å²) < 4.78 is 0. The molecule has 1 rings (SSSR count). The number of carboxylic acids is 1. The minimum atomic E-state index is -0.652. The molecular weight excluding hydrogens is 258 g/mol. The van der Waals surface area contributed by atoms with Gasteiger partial charge < -0.3 is 5.11 Å². The molecule has 0 aromatic rings. The Kier molecular flexibility index (Phi) is 7.18. The average molecular weight is 280 g/mol. The number of likely N-dealkylation sites (tertiary alicyclic amines) is 1. The van der Waals surface area contributed by atoms with E-state index in [9.17, 15) is 4.79 Å². The second-order valence-corrected chi connectivity index (χ2v) is 4.58. The van der Waals surface area contributed by atoms with Crippen LogP contribution >= 0.6 is 17.0 Å². The van der Waals surface area contributed by atoms with Crippen LogP contribution in [-0.2, 0) is 4.79 Å². The molecule has 4 heteroatoms. The fraction of sp³-hybridized carbons (Fsp3) is 0.909. The van der Waals surface area contributed by atoms with Crippen LogP contribution < -0.4 is 0 Å². The van der Waals surface area contributed by atoms with Gasteiger partial charge in [-0.2, -0.15) is 0 Å². The Labute approximate surface area is 103 Å². The lowest BCUT2D eigenvalue weighted by atomic mass is 10.00. The lowest BCUT2D eigenvalue weighted by Gasteiger charge is -2.32. The first-order valence-electron chi connectivity index (χ1n) is 5.58. The van der Waals surface area contributed by atoms with Crippen LogP contribution in [0.5, 0.6) is 0 Å². The number of halogens is 1. The average Bonchev–Trinajstić information content (AvgIpc) is 2.15. The molecule has 0 amide bonds. The second-order valence-electron chi connectivity index (χ2n) is 4.58. The first-order chi connectivity index (χ1) is 6.61. The quantitative estimate of drug-likeness (QED) is 0.860. The molecule has 1 aliphatic rings. The maximum Gasteiger partial charge on any atom is 0.320 e. The van der Waals surface area contributed by atoms with Gasteiger partial charge in [0, 0.05) is 0 Å². The third kappa shape index (κ3) is 4.98. The topological polar surface area (TPSA) is 40.5 Å². The first kappa shape index (κ1) is 14.9. The van der Waals surface area contributed by atoms with Crippen LogP contribution in [0.2, 0.25) is 0 Å². The molecule has 1 heterocycles. The molecule has 1 fully saturated rings. The van der Waals surface area contributed by atoms with Crippen LogP contribution in [0.1, 0.15) is 39.5 Å². The van der Waals surface area contributed by atoms with E-state index in [-0.39, 0.29) is 23.0 Å². The summed E-state index contributed by atoms with van der Waals surface area (Å²) in [5.41, 5.74) is 0. The molecule has 1 aliphatic heterocycles. The molecule has 0 radical (unpaired) electrons. The fourth-order valence-corrected chi connectivity index (χ4v) is 2.08. The molecule has 0 aliphatic carbocycles. The normalized spacial score (nSPS) is 19.7. The second kappa shape index (κ2) is 7.23. The van der Waals surface area contributed by atoms with Gasteiger partial charge in [-0.1, -0.05) is 20.3 Å². The molecule has 0 saturated carbocycles. The highest BCUT2D eigenvalue weighted by molar-refractivity contribution is 8.93. The number of hydrogen-bond donors (Lipinski definition) is 1. The van der Waals surface area contributed by atoms with Crippen LogP contribution in [0.4, 0.5) is 0 Å². The zero-order chi connectivity index (χ0) is 10.6. The highest BCUT2D eigenvalue weighted by Gasteiger charge is 2.27. The van der Waals surface area contributed by atoms with E-state index < -0.39 is 5.97 Å². The number of carbonyl (C=O) groups is 1. The lowest BCUT2D eigenvalue weighted by molar-refractivity contribution is -0.144. The summed E-state index contributed by atoms with van der Waals surface area (Å²) in [5, 5.41) is 9.13. The molecular formula is C11H22BrNO2. The molecule has 15 heavy (non-hydrogen) atoms. The Morgan fingerprint density at radius 2 is 1.80 bits per heavy atom. The van der Waals surface area contributed by atoms with Crippen molar-refractivity contribution in [2.75, 3.05) is 13.1 Å². The maximum absolute atomic E-state index is 11.1. The molecule has 90 valence electrons. The summed E-state index contributed by atoms with van der Waals surface area (Å²) >= 11 is 0. The number of nitrogens with zero attached hydrogens (tertiary/aromatic N) is 1. The van der Waals surface area contributed by atoms with Crippen molar-refractivity contribution in [3.05, 3.63) is 0 Å². The van der Waals surface area contributed by atoms with Gasteiger partial charge in [0.25, 0.3) is 0 Å². The summed E-state index contributed by atoms with van der Waals surface area (Å²) in [6, 6.07) is -0.254. The summed E-state index contributed by atoms with van der Waals surface area (Å²) in [6.45, 7) is 6.09. The summed E-state index contributed by atoms with van der Waals surface area (Å²) in [6.07, 6.45) is 4.34. The smallest absolute Gasteiger partial charge is 0.320 e. The number of carboxylic acid groups (broad SMARTS) is 1. The highest BCUT2D eigenvalue weighted by Crippen LogP contribution is 2.17. The van der Waals surface area contributed by atoms with Crippen LogP contribution in [0.3, 0.4) is 0 Å². The van der Waals surface area contributed by atoms with Crippen molar-refractivity contribution in [2.45, 2.75) is 45.6 Å². The SMILES string of the molecule is Br.CC(C)C[C@@H](C(=O)O)N1CCCCC1. The standard InChI is InChI=1S/C11H21NO2.BrH/c1-9(2)8-10(11(13)14)12-6-4-3-5-7-12;/h9-10H,3-8H2,1-2H3,(H,13,14);1H/t10-;/m0./s1. The Balaban J connectivity index is 0.00000196. The van der Waals surface area contributed by atoms with E-state index in [1.807, 2.05) is 0 Å². The van der Waals surface area contributed by atoms with E-state index >= 15 is 0 Å². The zero-order valence-electron chi connectivity index (χ0n) is 9.61. The van der Waals surface area contributed by atoms with Gasteiger partial charge in [-0.15, -0.1) is 17.0 Å². The van der Waals surface area contributed by atoms with Crippen molar-refractivity contribution in [1.29, 1.82) is 0 Å². The first-order valence-corrected chi connectivity index (χ1v) is 5.58. The van der Waals surface area contributed by atoms with Gasteiger partial charge in [0.15, 0.2) is 0 Å². The van der Waals surface area contributed by atoms with E-state index in [4.69, 9.17) is 5.11 Å². The summed E-state index contributed by atoms with van der Waals surface area (Å²) in [5.74, 6) is -0.196. The van der Waals surface area contributed by atoms with Crippen LogP contribution in [0.15, 0.2) is 0 Å². The van der Waals surface area contributed by atoms with Gasteiger partial charge in [-0.25, -0.2) is 0 Å². The molecule has 0 bridgehead atoms. The Bertz CT molecular complexity index is 191. The van der Waals surface area contributed by atoms with E-state index in [0.29, 0.717) is 5.92 Å². The van der Waals surface area contributed by atoms with Crippen molar-refractivity contribution in [3.63, 3.8) is 0 Å². The van der Waals surface area contributed by atoms with E-state index in [0.717, 1.165) is 32.4 Å². The number of rotatable bonds is 4. The predicted molar refractivity (Wildman–Crippen MR) is 66.6 cm³/mol. The van der Waals surface area contributed by atoms with Gasteiger partial charge in [-0.3, -0.25) is 9.69 Å². The summed E-state index contributed by atoms with van der Waals surface area (Å²) in [7, 11) is 0. The third-order valence-corrected chi connectivity index (χ3v) is 2.81. The Morgan fingerprint density at radius 3 is 2.20 bits per heavy atom. The molecule has 1 atom stereocenters. The number of hydrogen-bond acceptors (Lipinski definition) is 2. The molecule has 0 unspecified atom stereocenters. The molecule has 0 aromatic heterocycles. The van der Waals surface area contributed by atoms with E-state index in [1.54, 1.807) is 0 Å². The van der Waals surface area contributed by atoms with E-state index in [1.165, 1.54) is 6.42 Å². The minimum absolute atomic E-state index is 0. The number of piperidine rings is 1. The van der Waals surface area contributed by atoms with Crippen LogP contribution in [0, 0.1) is 5.92 Å². The van der Waals surface area contributed by atoms with Crippen molar-refractivity contribution in [2.24, 2.45) is 5.92 Å². The maximum atomic E-state index is 11.1. The predicted octanol–water partition coefficient (Wildman–Crippen LogP) is 2.55. The van der Waals surface area contributed by atoms with Crippen LogP contribution in [-0.4, -0.2) is 35.1 Å².